The first-order chi connectivity index (χ1) is 10.9. The Morgan fingerprint density at radius 1 is 1.17 bits per heavy atom. The Balaban J connectivity index is 2.03. The van der Waals surface area contributed by atoms with Crippen LogP contribution in [0.15, 0.2) is 30.6 Å². The van der Waals surface area contributed by atoms with Crippen LogP contribution >= 0.6 is 0 Å². The number of aromatic nitrogens is 4. The summed E-state index contributed by atoms with van der Waals surface area (Å²) in [5.41, 5.74) is 3.04. The molecule has 3 aromatic rings. The van der Waals surface area contributed by atoms with Crippen molar-refractivity contribution in [3.05, 3.63) is 42.1 Å². The van der Waals surface area contributed by atoms with Crippen LogP contribution < -0.4 is 5.32 Å². The van der Waals surface area contributed by atoms with Gasteiger partial charge in [-0.15, -0.1) is 0 Å². The quantitative estimate of drug-likeness (QED) is 0.786. The van der Waals surface area contributed by atoms with Gasteiger partial charge >= 0.3 is 0 Å². The van der Waals surface area contributed by atoms with Gasteiger partial charge in [0.25, 0.3) is 0 Å². The highest BCUT2D eigenvalue weighted by atomic mass is 15.1. The number of fused-ring (bicyclic) bond motifs is 1. The van der Waals surface area contributed by atoms with Gasteiger partial charge in [-0.3, -0.25) is 0 Å². The van der Waals surface area contributed by atoms with Gasteiger partial charge in [0.05, 0.1) is 11.0 Å². The first kappa shape index (κ1) is 15.0. The largest absolute Gasteiger partial charge is 0.338 e. The molecule has 116 valence electrons. The lowest BCUT2D eigenvalue weighted by Crippen LogP contribution is -2.17. The highest BCUT2D eigenvalue weighted by Crippen LogP contribution is 2.27. The second-order valence-corrected chi connectivity index (χ2v) is 6.44. The highest BCUT2D eigenvalue weighted by molar-refractivity contribution is 5.81. The summed E-state index contributed by atoms with van der Waals surface area (Å²) in [6.07, 6.45) is 3.06. The van der Waals surface area contributed by atoms with Crippen LogP contribution in [0.4, 0.5) is 11.5 Å². The second kappa shape index (κ2) is 5.36. The van der Waals surface area contributed by atoms with E-state index in [0.717, 1.165) is 22.5 Å². The molecule has 23 heavy (non-hydrogen) atoms. The summed E-state index contributed by atoms with van der Waals surface area (Å²) < 4.78 is 2.11. The standard InChI is InChI=1S/C17H18N6/c1-17(2,3)16-22-12-9-11(5-6-14(12)23(16)4)21-15-13(10-18)19-7-8-20-15/h5-9H,1-4H3,(H,20,21). The summed E-state index contributed by atoms with van der Waals surface area (Å²) in [5.74, 6) is 1.48. The van der Waals surface area contributed by atoms with Crippen LogP contribution in [0.1, 0.15) is 32.3 Å². The second-order valence-electron chi connectivity index (χ2n) is 6.44. The number of nitriles is 1. The molecular weight excluding hydrogens is 288 g/mol. The Morgan fingerprint density at radius 2 is 1.91 bits per heavy atom. The lowest BCUT2D eigenvalue weighted by Gasteiger charge is -2.17. The van der Waals surface area contributed by atoms with Crippen LogP contribution in [0.5, 0.6) is 0 Å². The molecule has 0 spiro atoms. The van der Waals surface area contributed by atoms with Gasteiger partial charge in [0, 0.05) is 30.5 Å². The SMILES string of the molecule is Cn1c(C(C)(C)C)nc2cc(Nc3nccnc3C#N)ccc21. The van der Waals surface area contributed by atoms with Crippen LogP contribution in [-0.2, 0) is 12.5 Å². The van der Waals surface area contributed by atoms with Gasteiger partial charge in [-0.25, -0.2) is 15.0 Å². The topological polar surface area (TPSA) is 79.4 Å². The predicted molar refractivity (Wildman–Crippen MR) is 89.4 cm³/mol. The van der Waals surface area contributed by atoms with Gasteiger partial charge in [0.15, 0.2) is 11.5 Å². The van der Waals surface area contributed by atoms with Crippen LogP contribution in [0.25, 0.3) is 11.0 Å². The minimum absolute atomic E-state index is 0.0275. The van der Waals surface area contributed by atoms with Gasteiger partial charge in [-0.2, -0.15) is 5.26 Å². The summed E-state index contributed by atoms with van der Waals surface area (Å²) in [5, 5.41) is 12.2. The molecule has 0 amide bonds. The van der Waals surface area contributed by atoms with Crippen molar-refractivity contribution in [3.8, 4) is 6.07 Å². The smallest absolute Gasteiger partial charge is 0.183 e. The van der Waals surface area contributed by atoms with E-state index in [9.17, 15) is 0 Å². The number of nitrogens with zero attached hydrogens (tertiary/aromatic N) is 5. The van der Waals surface area contributed by atoms with E-state index < -0.39 is 0 Å². The number of benzene rings is 1. The normalized spacial score (nSPS) is 11.4. The van der Waals surface area contributed by atoms with Crippen molar-refractivity contribution in [2.24, 2.45) is 7.05 Å². The lowest BCUT2D eigenvalue weighted by molar-refractivity contribution is 0.526. The maximum absolute atomic E-state index is 9.09. The molecule has 6 nitrogen and oxygen atoms in total. The van der Waals surface area contributed by atoms with E-state index in [1.54, 1.807) is 6.20 Å². The van der Waals surface area contributed by atoms with Crippen molar-refractivity contribution in [2.45, 2.75) is 26.2 Å². The van der Waals surface area contributed by atoms with E-state index in [-0.39, 0.29) is 11.1 Å². The summed E-state index contributed by atoms with van der Waals surface area (Å²) in [7, 11) is 2.03. The average Bonchev–Trinajstić information content (AvgIpc) is 2.84. The highest BCUT2D eigenvalue weighted by Gasteiger charge is 2.21. The molecule has 0 radical (unpaired) electrons. The number of hydrogen-bond acceptors (Lipinski definition) is 5. The number of imidazole rings is 1. The fourth-order valence-electron chi connectivity index (χ4n) is 2.60. The molecule has 6 heteroatoms. The maximum atomic E-state index is 9.09. The monoisotopic (exact) mass is 306 g/mol. The molecule has 0 fully saturated rings. The first-order valence-corrected chi connectivity index (χ1v) is 7.35. The third-order valence-corrected chi connectivity index (χ3v) is 3.62. The molecule has 0 atom stereocenters. The molecule has 0 bridgehead atoms. The zero-order valence-corrected chi connectivity index (χ0v) is 13.6. The van der Waals surface area contributed by atoms with Crippen molar-refractivity contribution in [1.82, 2.24) is 19.5 Å². The van der Waals surface area contributed by atoms with E-state index >= 15 is 0 Å². The molecule has 2 heterocycles. The molecular formula is C17H18N6. The van der Waals surface area contributed by atoms with E-state index in [1.807, 2.05) is 31.3 Å². The molecule has 0 saturated heterocycles. The first-order valence-electron chi connectivity index (χ1n) is 7.35. The number of aryl methyl sites for hydroxylation is 1. The minimum Gasteiger partial charge on any atom is -0.338 e. The van der Waals surface area contributed by atoms with Gasteiger partial charge in [-0.1, -0.05) is 20.8 Å². The molecule has 0 aliphatic heterocycles. The fourth-order valence-corrected chi connectivity index (χ4v) is 2.60. The number of nitrogens with one attached hydrogen (secondary N) is 1. The average molecular weight is 306 g/mol. The summed E-state index contributed by atoms with van der Waals surface area (Å²) in [4.78, 5) is 12.9. The van der Waals surface area contributed by atoms with Gasteiger partial charge < -0.3 is 9.88 Å². The van der Waals surface area contributed by atoms with Crippen LogP contribution in [-0.4, -0.2) is 19.5 Å². The molecule has 0 aliphatic rings. The molecule has 0 saturated carbocycles. The van der Waals surface area contributed by atoms with Crippen molar-refractivity contribution < 1.29 is 0 Å². The lowest BCUT2D eigenvalue weighted by atomic mass is 9.96. The van der Waals surface area contributed by atoms with Crippen LogP contribution in [0, 0.1) is 11.3 Å². The van der Waals surface area contributed by atoms with E-state index in [2.05, 4.69) is 40.6 Å². The number of rotatable bonds is 2. The molecule has 0 unspecified atom stereocenters. The Bertz CT molecular complexity index is 911. The molecule has 0 aliphatic carbocycles. The van der Waals surface area contributed by atoms with E-state index in [1.165, 1.54) is 6.20 Å². The number of anilines is 2. The maximum Gasteiger partial charge on any atom is 0.183 e. The number of hydrogen-bond donors (Lipinski definition) is 1. The zero-order chi connectivity index (χ0) is 16.6. The molecule has 2 aromatic heterocycles. The minimum atomic E-state index is -0.0275. The van der Waals surface area contributed by atoms with E-state index in [0.29, 0.717) is 5.82 Å². The van der Waals surface area contributed by atoms with Crippen molar-refractivity contribution >= 4 is 22.5 Å². The van der Waals surface area contributed by atoms with Crippen LogP contribution in [0.3, 0.4) is 0 Å². The Morgan fingerprint density at radius 3 is 2.61 bits per heavy atom. The third kappa shape index (κ3) is 2.73. The Labute approximate surface area is 134 Å². The third-order valence-electron chi connectivity index (χ3n) is 3.62. The van der Waals surface area contributed by atoms with Gasteiger partial charge in [0.1, 0.15) is 11.9 Å². The van der Waals surface area contributed by atoms with Crippen molar-refractivity contribution in [1.29, 1.82) is 5.26 Å². The molecule has 1 aromatic carbocycles. The van der Waals surface area contributed by atoms with Crippen molar-refractivity contribution in [2.75, 3.05) is 5.32 Å². The zero-order valence-electron chi connectivity index (χ0n) is 13.6. The predicted octanol–water partition coefficient (Wildman–Crippen LogP) is 3.28. The van der Waals surface area contributed by atoms with Crippen molar-refractivity contribution in [3.63, 3.8) is 0 Å². The van der Waals surface area contributed by atoms with Gasteiger partial charge in [0.2, 0.25) is 0 Å². The summed E-state index contributed by atoms with van der Waals surface area (Å²) >= 11 is 0. The summed E-state index contributed by atoms with van der Waals surface area (Å²) in [6, 6.07) is 7.96. The molecule has 3 rings (SSSR count). The fraction of sp³-hybridized carbons (Fsp3) is 0.294. The molecule has 1 N–H and O–H groups in total. The van der Waals surface area contributed by atoms with Gasteiger partial charge in [-0.05, 0) is 18.2 Å². The Hall–Kier alpha value is -2.94. The Kier molecular flexibility index (Phi) is 3.49. The summed E-state index contributed by atoms with van der Waals surface area (Å²) in [6.45, 7) is 6.43. The van der Waals surface area contributed by atoms with E-state index in [4.69, 9.17) is 10.2 Å². The van der Waals surface area contributed by atoms with Crippen LogP contribution in [0.2, 0.25) is 0 Å².